The summed E-state index contributed by atoms with van der Waals surface area (Å²) in [5, 5.41) is 22.2. The van der Waals surface area contributed by atoms with Crippen LogP contribution >= 0.6 is 0 Å². The number of rotatable bonds is 5. The van der Waals surface area contributed by atoms with Gasteiger partial charge in [-0.1, -0.05) is 29.1 Å². The second-order valence-electron chi connectivity index (χ2n) is 7.31. The fraction of sp³-hybridized carbons (Fsp3) is 0.182. The lowest BCUT2D eigenvalue weighted by molar-refractivity contribution is -0.384. The maximum absolute atomic E-state index is 13.4. The highest BCUT2D eigenvalue weighted by atomic mass is 16.7. The van der Waals surface area contributed by atoms with Crippen molar-refractivity contribution in [2.24, 2.45) is 0 Å². The first-order chi connectivity index (χ1) is 15.8. The first-order valence-electron chi connectivity index (χ1n) is 9.86. The molecule has 2 aromatic carbocycles. The number of fused-ring (bicyclic) bond motifs is 1. The fourth-order valence-corrected chi connectivity index (χ4v) is 3.84. The topological polar surface area (TPSA) is 138 Å². The van der Waals surface area contributed by atoms with Crippen molar-refractivity contribution in [2.45, 2.75) is 19.8 Å². The van der Waals surface area contributed by atoms with Gasteiger partial charge in [-0.05, 0) is 36.8 Å². The average Bonchev–Trinajstić information content (AvgIpc) is 3.20. The van der Waals surface area contributed by atoms with E-state index in [-0.39, 0.29) is 16.8 Å². The Hall–Kier alpha value is -4.54. The van der Waals surface area contributed by atoms with Crippen molar-refractivity contribution in [1.82, 2.24) is 20.5 Å². The lowest BCUT2D eigenvalue weighted by Crippen LogP contribution is -2.35. The molecule has 2 heterocycles. The summed E-state index contributed by atoms with van der Waals surface area (Å²) in [7, 11) is 1.22. The van der Waals surface area contributed by atoms with Crippen molar-refractivity contribution in [3.05, 3.63) is 86.7 Å². The molecule has 1 aliphatic rings. The van der Waals surface area contributed by atoms with Gasteiger partial charge in [0.25, 0.3) is 5.69 Å². The predicted octanol–water partition coefficient (Wildman–Crippen LogP) is 2.40. The van der Waals surface area contributed by atoms with Crippen LogP contribution in [0.2, 0.25) is 0 Å². The molecule has 0 fully saturated rings. The molecule has 11 heteroatoms. The van der Waals surface area contributed by atoms with Crippen molar-refractivity contribution >= 4 is 28.7 Å². The van der Waals surface area contributed by atoms with Gasteiger partial charge in [0.2, 0.25) is 0 Å². The number of allylic oxidation sites excluding steroid dienone is 2. The highest BCUT2D eigenvalue weighted by Gasteiger charge is 2.39. The maximum atomic E-state index is 13.4. The lowest BCUT2D eigenvalue weighted by atomic mass is 9.80. The van der Waals surface area contributed by atoms with E-state index in [0.29, 0.717) is 28.0 Å². The standard InChI is InChI=1S/C22H19N5O6/c1-12-18(21(28)32-3)20(14-7-6-8-15(11-14)27(30)31)19(13(2)23-12)22(29)33-26-17-10-5-4-9-16(17)24-25-26/h4-11,20,23H,1-3H3/t20-/m1/s1. The van der Waals surface area contributed by atoms with E-state index in [4.69, 9.17) is 9.57 Å². The molecule has 1 atom stereocenters. The molecule has 1 aliphatic heterocycles. The Bertz CT molecular complexity index is 1360. The minimum absolute atomic E-state index is 0.0843. The van der Waals surface area contributed by atoms with Crippen LogP contribution in [-0.2, 0) is 14.3 Å². The van der Waals surface area contributed by atoms with Crippen LogP contribution in [0.3, 0.4) is 0 Å². The molecule has 3 aromatic rings. The first-order valence-corrected chi connectivity index (χ1v) is 9.86. The molecule has 33 heavy (non-hydrogen) atoms. The van der Waals surface area contributed by atoms with Crippen molar-refractivity contribution < 1.29 is 24.1 Å². The van der Waals surface area contributed by atoms with E-state index in [1.54, 1.807) is 44.2 Å². The molecule has 0 aliphatic carbocycles. The Morgan fingerprint density at radius 3 is 2.45 bits per heavy atom. The molecule has 0 saturated heterocycles. The smallest absolute Gasteiger partial charge is 0.364 e. The van der Waals surface area contributed by atoms with Gasteiger partial charge in [-0.15, -0.1) is 5.10 Å². The number of nitrogens with zero attached hydrogens (tertiary/aromatic N) is 4. The summed E-state index contributed by atoms with van der Waals surface area (Å²) < 4.78 is 4.94. The Labute approximate surface area is 187 Å². The summed E-state index contributed by atoms with van der Waals surface area (Å²) in [6, 6.07) is 12.7. The Morgan fingerprint density at radius 2 is 1.76 bits per heavy atom. The number of esters is 1. The number of ether oxygens (including phenoxy) is 1. The largest absolute Gasteiger partial charge is 0.466 e. The quantitative estimate of drug-likeness (QED) is 0.269. The number of nitro groups is 1. The number of benzene rings is 2. The summed E-state index contributed by atoms with van der Waals surface area (Å²) in [4.78, 5) is 43.4. The molecule has 0 saturated carbocycles. The Balaban J connectivity index is 1.82. The van der Waals surface area contributed by atoms with Crippen molar-refractivity contribution in [3.63, 3.8) is 0 Å². The highest BCUT2D eigenvalue weighted by Crippen LogP contribution is 2.39. The number of hydrogen-bond acceptors (Lipinski definition) is 9. The lowest BCUT2D eigenvalue weighted by Gasteiger charge is -2.29. The van der Waals surface area contributed by atoms with Gasteiger partial charge in [-0.2, -0.15) is 0 Å². The second kappa shape index (κ2) is 8.54. The van der Waals surface area contributed by atoms with Gasteiger partial charge >= 0.3 is 11.9 Å². The third kappa shape index (κ3) is 3.91. The Morgan fingerprint density at radius 1 is 1.06 bits per heavy atom. The number of nitro benzene ring substituents is 1. The van der Waals surface area contributed by atoms with Crippen LogP contribution in [0.15, 0.2) is 71.1 Å². The zero-order valence-electron chi connectivity index (χ0n) is 17.9. The van der Waals surface area contributed by atoms with Gasteiger partial charge in [-0.3, -0.25) is 10.1 Å². The van der Waals surface area contributed by atoms with E-state index in [2.05, 4.69) is 15.6 Å². The molecule has 0 unspecified atom stereocenters. The van der Waals surface area contributed by atoms with Crippen molar-refractivity contribution in [3.8, 4) is 0 Å². The van der Waals surface area contributed by atoms with Crippen molar-refractivity contribution in [2.75, 3.05) is 7.11 Å². The minimum Gasteiger partial charge on any atom is -0.466 e. The monoisotopic (exact) mass is 449 g/mol. The van der Waals surface area contributed by atoms with Gasteiger partial charge in [0.05, 0.1) is 29.1 Å². The number of carbonyl (C=O) groups excluding carboxylic acids is 2. The Kier molecular flexibility index (Phi) is 5.61. The van der Waals surface area contributed by atoms with E-state index in [1.165, 1.54) is 25.3 Å². The van der Waals surface area contributed by atoms with E-state index in [0.717, 1.165) is 4.85 Å². The van der Waals surface area contributed by atoms with Crippen LogP contribution in [0.4, 0.5) is 5.69 Å². The van der Waals surface area contributed by atoms with Crippen LogP contribution in [0.5, 0.6) is 0 Å². The third-order valence-corrected chi connectivity index (χ3v) is 5.29. The van der Waals surface area contributed by atoms with Crippen LogP contribution < -0.4 is 10.2 Å². The van der Waals surface area contributed by atoms with Crippen LogP contribution in [-0.4, -0.2) is 39.1 Å². The van der Waals surface area contributed by atoms with E-state index in [1.807, 2.05) is 0 Å². The number of aromatic nitrogens is 3. The molecule has 0 amide bonds. The molecular formula is C22H19N5O6. The van der Waals surface area contributed by atoms with Crippen molar-refractivity contribution in [1.29, 1.82) is 0 Å². The molecule has 1 N–H and O–H groups in total. The summed E-state index contributed by atoms with van der Waals surface area (Å²) in [6.45, 7) is 3.31. The molecule has 0 spiro atoms. The van der Waals surface area contributed by atoms with E-state index >= 15 is 0 Å². The number of nitrogens with one attached hydrogen (secondary N) is 1. The average molecular weight is 449 g/mol. The fourth-order valence-electron chi connectivity index (χ4n) is 3.84. The SMILES string of the molecule is COC(=O)C1=C(C)NC(C)=C(C(=O)On2nnc3ccccc32)[C@@H]1c1cccc([N+](=O)[O-])c1. The van der Waals surface area contributed by atoms with Gasteiger partial charge in [-0.25, -0.2) is 9.59 Å². The van der Waals surface area contributed by atoms with Crippen LogP contribution in [0.25, 0.3) is 11.0 Å². The normalized spacial score (nSPS) is 15.9. The molecule has 0 bridgehead atoms. The first kappa shape index (κ1) is 21.7. The van der Waals surface area contributed by atoms with Gasteiger partial charge in [0.15, 0.2) is 0 Å². The molecule has 0 radical (unpaired) electrons. The van der Waals surface area contributed by atoms with Gasteiger partial charge < -0.3 is 14.9 Å². The molecular weight excluding hydrogens is 430 g/mol. The summed E-state index contributed by atoms with van der Waals surface area (Å²) in [5.41, 5.74) is 2.28. The second-order valence-corrected chi connectivity index (χ2v) is 7.31. The van der Waals surface area contributed by atoms with Crippen LogP contribution in [0.1, 0.15) is 25.3 Å². The summed E-state index contributed by atoms with van der Waals surface area (Å²) in [6.07, 6.45) is 0. The van der Waals surface area contributed by atoms with E-state index in [9.17, 15) is 19.7 Å². The molecule has 11 nitrogen and oxygen atoms in total. The van der Waals surface area contributed by atoms with Crippen LogP contribution in [0, 0.1) is 10.1 Å². The summed E-state index contributed by atoms with van der Waals surface area (Å²) >= 11 is 0. The maximum Gasteiger partial charge on any atom is 0.364 e. The van der Waals surface area contributed by atoms with Gasteiger partial charge in [0, 0.05) is 23.5 Å². The molecule has 168 valence electrons. The van der Waals surface area contributed by atoms with E-state index < -0.39 is 22.8 Å². The number of dihydropyridines is 1. The van der Waals surface area contributed by atoms with Gasteiger partial charge in [0.1, 0.15) is 11.0 Å². The number of hydrogen-bond donors (Lipinski definition) is 1. The number of methoxy groups -OCH3 is 1. The number of carbonyl (C=O) groups is 2. The minimum atomic E-state index is -0.971. The predicted molar refractivity (Wildman–Crippen MR) is 116 cm³/mol. The number of para-hydroxylation sites is 1. The third-order valence-electron chi connectivity index (χ3n) is 5.29. The molecule has 4 rings (SSSR count). The number of non-ortho nitro benzene ring substituents is 1. The zero-order valence-corrected chi connectivity index (χ0v) is 17.9. The summed E-state index contributed by atoms with van der Waals surface area (Å²) in [5.74, 6) is -2.46. The highest BCUT2D eigenvalue weighted by molar-refractivity contribution is 6.00. The zero-order chi connectivity index (χ0) is 23.7. The molecule has 1 aromatic heterocycles.